The quantitative estimate of drug-likeness (QED) is 0.800. The molecule has 3 heteroatoms. The van der Waals surface area contributed by atoms with Crippen LogP contribution in [0.4, 0.5) is 0 Å². The lowest BCUT2D eigenvalue weighted by molar-refractivity contribution is 0.0691. The second-order valence-electron chi connectivity index (χ2n) is 4.41. The van der Waals surface area contributed by atoms with Crippen LogP contribution in [0.3, 0.4) is 0 Å². The van der Waals surface area contributed by atoms with Gasteiger partial charge in [-0.05, 0) is 24.5 Å². The zero-order valence-corrected chi connectivity index (χ0v) is 8.83. The molecule has 1 aliphatic rings. The molecular formula is C12H17NO2. The van der Waals surface area contributed by atoms with Crippen LogP contribution in [0.2, 0.25) is 0 Å². The lowest BCUT2D eigenvalue weighted by Gasteiger charge is -2.20. The van der Waals surface area contributed by atoms with E-state index in [0.717, 1.165) is 18.0 Å². The van der Waals surface area contributed by atoms with Crippen molar-refractivity contribution in [2.45, 2.75) is 38.5 Å². The first-order valence-electron chi connectivity index (χ1n) is 5.67. The third-order valence-corrected chi connectivity index (χ3v) is 3.21. The van der Waals surface area contributed by atoms with Crippen LogP contribution >= 0.6 is 0 Å². The molecule has 0 unspecified atom stereocenters. The van der Waals surface area contributed by atoms with Crippen LogP contribution in [0, 0.1) is 5.92 Å². The maximum atomic E-state index is 10.7. The number of rotatable bonds is 3. The number of hydrogen-bond acceptors (Lipinski definition) is 1. The SMILES string of the molecule is O=C(O)c1ccc(CC2CCCCC2)[nH]1. The Morgan fingerprint density at radius 2 is 2.07 bits per heavy atom. The van der Waals surface area contributed by atoms with E-state index in [4.69, 9.17) is 5.11 Å². The summed E-state index contributed by atoms with van der Waals surface area (Å²) in [6.45, 7) is 0. The van der Waals surface area contributed by atoms with Crippen molar-refractivity contribution in [2.75, 3.05) is 0 Å². The minimum absolute atomic E-state index is 0.306. The van der Waals surface area contributed by atoms with Crippen LogP contribution in [0.1, 0.15) is 48.3 Å². The van der Waals surface area contributed by atoms with Gasteiger partial charge in [0.15, 0.2) is 0 Å². The fourth-order valence-corrected chi connectivity index (χ4v) is 2.39. The van der Waals surface area contributed by atoms with Crippen molar-refractivity contribution in [2.24, 2.45) is 5.92 Å². The molecule has 0 bridgehead atoms. The fraction of sp³-hybridized carbons (Fsp3) is 0.583. The van der Waals surface area contributed by atoms with Gasteiger partial charge in [-0.1, -0.05) is 32.1 Å². The van der Waals surface area contributed by atoms with Crippen molar-refractivity contribution in [3.63, 3.8) is 0 Å². The molecule has 1 heterocycles. The number of carboxylic acids is 1. The Morgan fingerprint density at radius 1 is 1.33 bits per heavy atom. The predicted octanol–water partition coefficient (Wildman–Crippen LogP) is 2.84. The monoisotopic (exact) mass is 207 g/mol. The zero-order chi connectivity index (χ0) is 10.7. The molecule has 0 aliphatic heterocycles. The summed E-state index contributed by atoms with van der Waals surface area (Å²) in [6, 6.07) is 3.55. The topological polar surface area (TPSA) is 53.1 Å². The highest BCUT2D eigenvalue weighted by atomic mass is 16.4. The maximum Gasteiger partial charge on any atom is 0.352 e. The Bertz CT molecular complexity index is 337. The lowest BCUT2D eigenvalue weighted by atomic mass is 9.86. The molecule has 1 aromatic heterocycles. The Labute approximate surface area is 89.5 Å². The van der Waals surface area contributed by atoms with Crippen LogP contribution in [0.15, 0.2) is 12.1 Å². The molecule has 0 amide bonds. The van der Waals surface area contributed by atoms with Gasteiger partial charge in [-0.2, -0.15) is 0 Å². The molecular weight excluding hydrogens is 190 g/mol. The molecule has 0 atom stereocenters. The molecule has 82 valence electrons. The van der Waals surface area contributed by atoms with E-state index in [1.54, 1.807) is 6.07 Å². The number of aromatic amines is 1. The van der Waals surface area contributed by atoms with Gasteiger partial charge in [0.2, 0.25) is 0 Å². The standard InChI is InChI=1S/C12H17NO2/c14-12(15)11-7-6-10(13-11)8-9-4-2-1-3-5-9/h6-7,9,13H,1-5,8H2,(H,14,15). The van der Waals surface area contributed by atoms with Gasteiger partial charge >= 0.3 is 5.97 Å². The van der Waals surface area contributed by atoms with E-state index in [1.807, 2.05) is 6.07 Å². The molecule has 0 aromatic carbocycles. The van der Waals surface area contributed by atoms with Crippen molar-refractivity contribution in [3.8, 4) is 0 Å². The Balaban J connectivity index is 1.94. The summed E-state index contributed by atoms with van der Waals surface area (Å²) in [4.78, 5) is 13.6. The largest absolute Gasteiger partial charge is 0.477 e. The highest BCUT2D eigenvalue weighted by Gasteiger charge is 2.15. The first-order chi connectivity index (χ1) is 7.25. The highest BCUT2D eigenvalue weighted by molar-refractivity contribution is 5.85. The summed E-state index contributed by atoms with van der Waals surface area (Å²) in [5.41, 5.74) is 1.38. The van der Waals surface area contributed by atoms with Crippen LogP contribution in [0.5, 0.6) is 0 Å². The second kappa shape index (κ2) is 4.51. The van der Waals surface area contributed by atoms with Gasteiger partial charge in [0.05, 0.1) is 0 Å². The van der Waals surface area contributed by atoms with Gasteiger partial charge < -0.3 is 10.1 Å². The molecule has 0 spiro atoms. The van der Waals surface area contributed by atoms with Crippen LogP contribution < -0.4 is 0 Å². The minimum atomic E-state index is -0.870. The molecule has 3 nitrogen and oxygen atoms in total. The molecule has 2 N–H and O–H groups in total. The van der Waals surface area contributed by atoms with Crippen molar-refractivity contribution in [1.82, 2.24) is 4.98 Å². The number of aromatic nitrogens is 1. The van der Waals surface area contributed by atoms with Gasteiger partial charge in [-0.25, -0.2) is 4.79 Å². The average Bonchev–Trinajstić information content (AvgIpc) is 2.68. The van der Waals surface area contributed by atoms with Crippen molar-refractivity contribution < 1.29 is 9.90 Å². The normalized spacial score (nSPS) is 17.9. The van der Waals surface area contributed by atoms with E-state index in [-0.39, 0.29) is 0 Å². The smallest absolute Gasteiger partial charge is 0.352 e. The number of H-pyrrole nitrogens is 1. The van der Waals surface area contributed by atoms with Gasteiger partial charge in [0, 0.05) is 5.69 Å². The summed E-state index contributed by atoms with van der Waals surface area (Å²) in [7, 11) is 0. The highest BCUT2D eigenvalue weighted by Crippen LogP contribution is 2.26. The molecule has 1 fully saturated rings. The molecule has 1 aliphatic carbocycles. The van der Waals surface area contributed by atoms with E-state index in [1.165, 1.54) is 32.1 Å². The number of aromatic carboxylic acids is 1. The van der Waals surface area contributed by atoms with Crippen LogP contribution in [0.25, 0.3) is 0 Å². The fourth-order valence-electron chi connectivity index (χ4n) is 2.39. The van der Waals surface area contributed by atoms with Gasteiger partial charge in [0.25, 0.3) is 0 Å². The van der Waals surface area contributed by atoms with Gasteiger partial charge in [0.1, 0.15) is 5.69 Å². The Morgan fingerprint density at radius 3 is 2.67 bits per heavy atom. The zero-order valence-electron chi connectivity index (χ0n) is 8.83. The van der Waals surface area contributed by atoms with Gasteiger partial charge in [-0.15, -0.1) is 0 Å². The first-order valence-corrected chi connectivity index (χ1v) is 5.67. The van der Waals surface area contributed by atoms with E-state index >= 15 is 0 Å². The van der Waals surface area contributed by atoms with E-state index in [0.29, 0.717) is 5.69 Å². The van der Waals surface area contributed by atoms with E-state index in [2.05, 4.69) is 4.98 Å². The van der Waals surface area contributed by atoms with Crippen LogP contribution in [-0.2, 0) is 6.42 Å². The number of carboxylic acid groups (broad SMARTS) is 1. The molecule has 1 saturated carbocycles. The number of carbonyl (C=O) groups is 1. The summed E-state index contributed by atoms with van der Waals surface area (Å²) >= 11 is 0. The van der Waals surface area contributed by atoms with E-state index < -0.39 is 5.97 Å². The molecule has 0 saturated heterocycles. The summed E-state index contributed by atoms with van der Waals surface area (Å²) < 4.78 is 0. The Hall–Kier alpha value is -1.25. The third kappa shape index (κ3) is 2.61. The third-order valence-electron chi connectivity index (χ3n) is 3.21. The second-order valence-corrected chi connectivity index (χ2v) is 4.41. The number of nitrogens with one attached hydrogen (secondary N) is 1. The van der Waals surface area contributed by atoms with Crippen molar-refractivity contribution in [3.05, 3.63) is 23.5 Å². The summed E-state index contributed by atoms with van der Waals surface area (Å²) in [5, 5.41) is 8.77. The first kappa shape index (κ1) is 10.3. The van der Waals surface area contributed by atoms with Crippen LogP contribution in [-0.4, -0.2) is 16.1 Å². The summed E-state index contributed by atoms with van der Waals surface area (Å²) in [5.74, 6) is -0.121. The lowest BCUT2D eigenvalue weighted by Crippen LogP contribution is -2.09. The van der Waals surface area contributed by atoms with Gasteiger partial charge in [-0.3, -0.25) is 0 Å². The van der Waals surface area contributed by atoms with E-state index in [9.17, 15) is 4.79 Å². The number of hydrogen-bond donors (Lipinski definition) is 2. The van der Waals surface area contributed by atoms with Crippen molar-refractivity contribution in [1.29, 1.82) is 0 Å². The molecule has 15 heavy (non-hydrogen) atoms. The predicted molar refractivity (Wildman–Crippen MR) is 58.0 cm³/mol. The molecule has 1 aromatic rings. The molecule has 2 rings (SSSR count). The Kier molecular flexibility index (Phi) is 3.09. The summed E-state index contributed by atoms with van der Waals surface area (Å²) in [6.07, 6.45) is 7.62. The minimum Gasteiger partial charge on any atom is -0.477 e. The average molecular weight is 207 g/mol. The molecule has 0 radical (unpaired) electrons. The maximum absolute atomic E-state index is 10.7. The van der Waals surface area contributed by atoms with Crippen molar-refractivity contribution >= 4 is 5.97 Å².